The summed E-state index contributed by atoms with van der Waals surface area (Å²) in [6.07, 6.45) is 13.1. The first-order chi connectivity index (χ1) is 17.0. The lowest BCUT2D eigenvalue weighted by Crippen LogP contribution is -2.52. The highest BCUT2D eigenvalue weighted by Crippen LogP contribution is 2.60. The number of fused-ring (bicyclic) bond motifs is 1. The van der Waals surface area contributed by atoms with E-state index < -0.39 is 0 Å². The van der Waals surface area contributed by atoms with E-state index in [1.165, 1.54) is 33.5 Å². The van der Waals surface area contributed by atoms with Crippen molar-refractivity contribution in [3.63, 3.8) is 0 Å². The summed E-state index contributed by atoms with van der Waals surface area (Å²) in [6, 6.07) is 0. The zero-order valence-electron chi connectivity index (χ0n) is 20.6. The van der Waals surface area contributed by atoms with Gasteiger partial charge in [-0.3, -0.25) is 14.5 Å². The Morgan fingerprint density at radius 2 is 1.83 bits per heavy atom. The van der Waals surface area contributed by atoms with E-state index in [1.807, 2.05) is 12.2 Å². The van der Waals surface area contributed by atoms with Gasteiger partial charge in [0.25, 0.3) is 0 Å². The number of Topliss-reactive ketones (excluding diaryl/α,β-unsaturated/α-hetero) is 1. The summed E-state index contributed by atoms with van der Waals surface area (Å²) in [7, 11) is 3.03. The Morgan fingerprint density at radius 3 is 2.49 bits per heavy atom. The molecule has 1 amide bonds. The Morgan fingerprint density at radius 1 is 1.11 bits per heavy atom. The fraction of sp³-hybridized carbons (Fsp3) is 0.630. The smallest absolute Gasteiger partial charge is 0.231 e. The quantitative estimate of drug-likeness (QED) is 0.671. The minimum Gasteiger partial charge on any atom is -0.493 e. The molecular formula is C27H34N4O4. The minimum absolute atomic E-state index is 0.0659. The van der Waals surface area contributed by atoms with Crippen molar-refractivity contribution >= 4 is 17.5 Å². The lowest BCUT2D eigenvalue weighted by Gasteiger charge is -2.55. The third-order valence-electron chi connectivity index (χ3n) is 8.98. The predicted molar refractivity (Wildman–Crippen MR) is 129 cm³/mol. The van der Waals surface area contributed by atoms with Crippen LogP contribution in [0.1, 0.15) is 49.8 Å². The van der Waals surface area contributed by atoms with E-state index >= 15 is 0 Å². The number of carbonyl (C=O) groups excluding carboxylic acids is 2. The SMILES string of the molecule is COC1=C(OC)C(=O)C(CN2CCc3c(ncnc3NC(=O)C34CC5CC(CC(C5)C3)C4)C2)C=C1. The monoisotopic (exact) mass is 478 g/mol. The molecule has 4 fully saturated rings. The number of aromatic nitrogens is 2. The molecule has 8 nitrogen and oxygen atoms in total. The van der Waals surface area contributed by atoms with E-state index in [0.29, 0.717) is 24.7 Å². The average Bonchev–Trinajstić information content (AvgIpc) is 2.84. The van der Waals surface area contributed by atoms with E-state index in [2.05, 4.69) is 20.2 Å². The van der Waals surface area contributed by atoms with Crippen LogP contribution in [0.5, 0.6) is 0 Å². The van der Waals surface area contributed by atoms with Crippen LogP contribution >= 0.6 is 0 Å². The highest BCUT2D eigenvalue weighted by atomic mass is 16.5. The minimum atomic E-state index is -0.289. The van der Waals surface area contributed by atoms with Crippen molar-refractivity contribution in [2.45, 2.75) is 51.5 Å². The van der Waals surface area contributed by atoms with E-state index in [4.69, 9.17) is 9.47 Å². The number of hydrogen-bond donors (Lipinski definition) is 1. The average molecular weight is 479 g/mol. The van der Waals surface area contributed by atoms with E-state index in [9.17, 15) is 9.59 Å². The first-order valence-electron chi connectivity index (χ1n) is 12.9. The summed E-state index contributed by atoms with van der Waals surface area (Å²) in [5.74, 6) is 3.41. The molecule has 7 rings (SSSR count). The standard InChI is InChI=1S/C27H34N4O4/c1-34-22-4-3-19(23(32)24(22)35-2)13-31-6-5-20-21(14-31)28-15-29-25(20)30-26(33)27-10-16-7-17(11-27)9-18(8-16)12-27/h3-4,15-19H,5-14H2,1-2H3,(H,28,29,30,33). The maximum Gasteiger partial charge on any atom is 0.231 e. The Kier molecular flexibility index (Phi) is 5.66. The van der Waals surface area contributed by atoms with Crippen molar-refractivity contribution in [1.29, 1.82) is 0 Å². The van der Waals surface area contributed by atoms with Gasteiger partial charge >= 0.3 is 0 Å². The molecule has 1 aromatic heterocycles. The number of carbonyl (C=O) groups is 2. The third kappa shape index (κ3) is 3.96. The normalized spacial score (nSPS) is 33.6. The molecule has 2 heterocycles. The number of methoxy groups -OCH3 is 2. The van der Waals surface area contributed by atoms with Crippen molar-refractivity contribution in [1.82, 2.24) is 14.9 Å². The molecule has 0 spiro atoms. The van der Waals surface area contributed by atoms with Crippen molar-refractivity contribution in [2.24, 2.45) is 29.1 Å². The first kappa shape index (κ1) is 22.7. The summed E-state index contributed by atoms with van der Waals surface area (Å²) in [4.78, 5) is 37.7. The molecule has 1 aliphatic heterocycles. The molecular weight excluding hydrogens is 444 g/mol. The van der Waals surface area contributed by atoms with Gasteiger partial charge in [0.05, 0.1) is 31.2 Å². The Balaban J connectivity index is 1.14. The van der Waals surface area contributed by atoms with Gasteiger partial charge in [-0.2, -0.15) is 0 Å². The molecule has 4 bridgehead atoms. The number of amides is 1. The van der Waals surface area contributed by atoms with Gasteiger partial charge in [0.15, 0.2) is 5.76 Å². The maximum absolute atomic E-state index is 13.6. The summed E-state index contributed by atoms with van der Waals surface area (Å²) in [5.41, 5.74) is 1.76. The van der Waals surface area contributed by atoms with Gasteiger partial charge in [-0.1, -0.05) is 6.08 Å². The van der Waals surface area contributed by atoms with Crippen LogP contribution in [0.4, 0.5) is 5.82 Å². The van der Waals surface area contributed by atoms with Crippen LogP contribution in [0.25, 0.3) is 0 Å². The molecule has 1 unspecified atom stereocenters. The largest absolute Gasteiger partial charge is 0.493 e. The fourth-order valence-corrected chi connectivity index (χ4v) is 7.74. The second kappa shape index (κ2) is 8.73. The van der Waals surface area contributed by atoms with Crippen LogP contribution in [0, 0.1) is 29.1 Å². The van der Waals surface area contributed by atoms with E-state index in [0.717, 1.165) is 61.2 Å². The fourth-order valence-electron chi connectivity index (χ4n) is 7.74. The molecule has 1 aromatic rings. The second-order valence-corrected chi connectivity index (χ2v) is 11.2. The van der Waals surface area contributed by atoms with Crippen LogP contribution in [0.15, 0.2) is 30.0 Å². The summed E-state index contributed by atoms with van der Waals surface area (Å²) < 4.78 is 10.6. The van der Waals surface area contributed by atoms with Gasteiger partial charge in [0, 0.05) is 25.2 Å². The van der Waals surface area contributed by atoms with Gasteiger partial charge in [-0.05, 0) is 68.8 Å². The van der Waals surface area contributed by atoms with Crippen molar-refractivity contribution in [3.05, 3.63) is 41.3 Å². The van der Waals surface area contributed by atoms with Gasteiger partial charge < -0.3 is 14.8 Å². The van der Waals surface area contributed by atoms with Crippen LogP contribution in [0.2, 0.25) is 0 Å². The summed E-state index contributed by atoms with van der Waals surface area (Å²) in [6.45, 7) is 1.98. The van der Waals surface area contributed by atoms with Gasteiger partial charge in [-0.15, -0.1) is 0 Å². The van der Waals surface area contributed by atoms with Crippen LogP contribution in [-0.2, 0) is 32.0 Å². The van der Waals surface area contributed by atoms with Gasteiger partial charge in [-0.25, -0.2) is 9.97 Å². The van der Waals surface area contributed by atoms with E-state index in [-0.39, 0.29) is 28.8 Å². The van der Waals surface area contributed by atoms with Crippen molar-refractivity contribution in [2.75, 3.05) is 32.6 Å². The molecule has 1 atom stereocenters. The number of ether oxygens (including phenoxy) is 2. The number of nitrogens with zero attached hydrogens (tertiary/aromatic N) is 3. The zero-order chi connectivity index (χ0) is 24.2. The Labute approximate surface area is 206 Å². The zero-order valence-corrected chi connectivity index (χ0v) is 20.6. The lowest BCUT2D eigenvalue weighted by molar-refractivity contribution is -0.140. The molecule has 0 radical (unpaired) electrons. The topological polar surface area (TPSA) is 93.7 Å². The lowest BCUT2D eigenvalue weighted by atomic mass is 9.49. The molecule has 5 aliphatic carbocycles. The van der Waals surface area contributed by atoms with Crippen LogP contribution < -0.4 is 5.32 Å². The van der Waals surface area contributed by atoms with Crippen LogP contribution in [0.3, 0.4) is 0 Å². The van der Waals surface area contributed by atoms with Gasteiger partial charge in [0.1, 0.15) is 12.1 Å². The molecule has 4 saturated carbocycles. The van der Waals surface area contributed by atoms with Crippen molar-refractivity contribution < 1.29 is 19.1 Å². The van der Waals surface area contributed by atoms with Gasteiger partial charge in [0.2, 0.25) is 17.4 Å². The van der Waals surface area contributed by atoms with Crippen LogP contribution in [-0.4, -0.2) is 53.9 Å². The molecule has 35 heavy (non-hydrogen) atoms. The molecule has 0 aromatic carbocycles. The number of hydrogen-bond acceptors (Lipinski definition) is 7. The maximum atomic E-state index is 13.6. The number of anilines is 1. The molecule has 0 saturated heterocycles. The summed E-state index contributed by atoms with van der Waals surface area (Å²) >= 11 is 0. The number of allylic oxidation sites excluding steroid dienone is 2. The van der Waals surface area contributed by atoms with E-state index in [1.54, 1.807) is 6.33 Å². The first-order valence-corrected chi connectivity index (χ1v) is 12.9. The Hall–Kier alpha value is -2.74. The highest BCUT2D eigenvalue weighted by Gasteiger charge is 2.54. The summed E-state index contributed by atoms with van der Waals surface area (Å²) in [5, 5.41) is 3.24. The number of ketones is 1. The molecule has 1 N–H and O–H groups in total. The van der Waals surface area contributed by atoms with Crippen molar-refractivity contribution in [3.8, 4) is 0 Å². The number of rotatable bonds is 6. The third-order valence-corrected chi connectivity index (χ3v) is 8.98. The second-order valence-electron chi connectivity index (χ2n) is 11.2. The predicted octanol–water partition coefficient (Wildman–Crippen LogP) is 3.25. The molecule has 8 heteroatoms. The molecule has 186 valence electrons. The molecule has 6 aliphatic rings. The number of nitrogens with one attached hydrogen (secondary N) is 1. The highest BCUT2D eigenvalue weighted by molar-refractivity contribution is 5.98. The Bertz CT molecular complexity index is 1080.